The molecule has 0 atom stereocenters. The number of nitrogens with zero attached hydrogens (tertiary/aromatic N) is 1. The minimum absolute atomic E-state index is 0.160. The van der Waals surface area contributed by atoms with Gasteiger partial charge in [0.1, 0.15) is 24.5 Å². The molecule has 0 spiro atoms. The summed E-state index contributed by atoms with van der Waals surface area (Å²) in [5.41, 5.74) is 0.180. The highest BCUT2D eigenvalue weighted by Crippen LogP contribution is 2.37. The molecule has 1 heterocycles. The number of ether oxygens (including phenoxy) is 4. The number of nitro groups is 1. The lowest BCUT2D eigenvalue weighted by Gasteiger charge is -2.18. The van der Waals surface area contributed by atoms with E-state index in [9.17, 15) is 19.7 Å². The van der Waals surface area contributed by atoms with E-state index in [1.54, 1.807) is 13.0 Å². The van der Waals surface area contributed by atoms with Crippen LogP contribution in [0.15, 0.2) is 24.3 Å². The summed E-state index contributed by atoms with van der Waals surface area (Å²) in [5.74, 6) is -1.04. The summed E-state index contributed by atoms with van der Waals surface area (Å²) in [6.07, 6.45) is 0. The average Bonchev–Trinajstić information content (AvgIpc) is 2.73. The molecule has 10 nitrogen and oxygen atoms in total. The molecule has 0 aromatic heterocycles. The van der Waals surface area contributed by atoms with Crippen LogP contribution in [-0.4, -0.2) is 43.7 Å². The SMILES string of the molecule is COc1cc(Cl)c(C)cc1NC(=O)COC(=O)c1cc2c(cc1[N+](=O)[O-])OCCO2. The molecule has 0 aliphatic carbocycles. The second-order valence-electron chi connectivity index (χ2n) is 6.20. The maximum absolute atomic E-state index is 12.4. The third-order valence-electron chi connectivity index (χ3n) is 4.17. The van der Waals surface area contributed by atoms with Crippen molar-refractivity contribution in [2.24, 2.45) is 0 Å². The summed E-state index contributed by atoms with van der Waals surface area (Å²) in [6, 6.07) is 5.40. The van der Waals surface area contributed by atoms with Crippen molar-refractivity contribution in [1.29, 1.82) is 0 Å². The number of anilines is 1. The molecule has 0 saturated heterocycles. The molecule has 1 aliphatic rings. The van der Waals surface area contributed by atoms with Gasteiger partial charge in [-0.2, -0.15) is 0 Å². The van der Waals surface area contributed by atoms with Gasteiger partial charge in [0.2, 0.25) is 0 Å². The van der Waals surface area contributed by atoms with Crippen molar-refractivity contribution >= 4 is 34.9 Å². The lowest BCUT2D eigenvalue weighted by atomic mass is 10.1. The third-order valence-corrected chi connectivity index (χ3v) is 4.57. The van der Waals surface area contributed by atoms with Gasteiger partial charge in [-0.1, -0.05) is 11.6 Å². The molecule has 2 aromatic rings. The highest BCUT2D eigenvalue weighted by atomic mass is 35.5. The zero-order valence-corrected chi connectivity index (χ0v) is 16.8. The summed E-state index contributed by atoms with van der Waals surface area (Å²) >= 11 is 6.03. The Morgan fingerprint density at radius 1 is 1.20 bits per heavy atom. The standard InChI is InChI=1S/C19H17ClN2O8/c1-10-5-13(15(27-2)7-12(10)20)21-18(23)9-30-19(24)11-6-16-17(29-4-3-28-16)8-14(11)22(25)26/h5-8H,3-4,9H2,1-2H3,(H,21,23). The maximum atomic E-state index is 12.4. The normalized spacial score (nSPS) is 12.1. The Kier molecular flexibility index (Phi) is 6.26. The zero-order chi connectivity index (χ0) is 21.8. The fraction of sp³-hybridized carbons (Fsp3) is 0.263. The van der Waals surface area contributed by atoms with Crippen LogP contribution in [0.1, 0.15) is 15.9 Å². The van der Waals surface area contributed by atoms with E-state index in [1.807, 2.05) is 0 Å². The fourth-order valence-electron chi connectivity index (χ4n) is 2.72. The first-order valence-electron chi connectivity index (χ1n) is 8.69. The second-order valence-corrected chi connectivity index (χ2v) is 6.60. The van der Waals surface area contributed by atoms with Crippen molar-refractivity contribution < 1.29 is 33.5 Å². The van der Waals surface area contributed by atoms with Crippen molar-refractivity contribution in [3.8, 4) is 17.2 Å². The molecule has 30 heavy (non-hydrogen) atoms. The highest BCUT2D eigenvalue weighted by Gasteiger charge is 2.27. The number of nitro benzene ring substituents is 1. The van der Waals surface area contributed by atoms with E-state index in [1.165, 1.54) is 19.2 Å². The number of rotatable bonds is 6. The maximum Gasteiger partial charge on any atom is 0.345 e. The Hall–Kier alpha value is -3.53. The summed E-state index contributed by atoms with van der Waals surface area (Å²) in [4.78, 5) is 35.2. The van der Waals surface area contributed by atoms with Crippen molar-refractivity contribution in [2.75, 3.05) is 32.2 Å². The van der Waals surface area contributed by atoms with Gasteiger partial charge in [0.25, 0.3) is 11.6 Å². The second kappa shape index (κ2) is 8.87. The number of hydrogen-bond donors (Lipinski definition) is 1. The predicted octanol–water partition coefficient (Wildman–Crippen LogP) is 3.13. The number of methoxy groups -OCH3 is 1. The number of carbonyl (C=O) groups excluding carboxylic acids is 2. The van der Waals surface area contributed by atoms with Gasteiger partial charge in [0.05, 0.1) is 23.8 Å². The minimum Gasteiger partial charge on any atom is -0.495 e. The summed E-state index contributed by atoms with van der Waals surface area (Å²) in [7, 11) is 1.41. The average molecular weight is 437 g/mol. The van der Waals surface area contributed by atoms with Gasteiger partial charge in [-0.05, 0) is 18.6 Å². The molecular weight excluding hydrogens is 420 g/mol. The number of benzene rings is 2. The van der Waals surface area contributed by atoms with E-state index in [4.69, 9.17) is 30.5 Å². The van der Waals surface area contributed by atoms with Crippen LogP contribution in [0.2, 0.25) is 5.02 Å². The van der Waals surface area contributed by atoms with Gasteiger partial charge in [0, 0.05) is 17.2 Å². The Balaban J connectivity index is 1.72. The summed E-state index contributed by atoms with van der Waals surface area (Å²) in [6.45, 7) is 1.56. The molecule has 1 N–H and O–H groups in total. The number of amides is 1. The Bertz CT molecular complexity index is 1020. The quantitative estimate of drug-likeness (QED) is 0.415. The topological polar surface area (TPSA) is 126 Å². The van der Waals surface area contributed by atoms with Crippen molar-refractivity contribution in [3.63, 3.8) is 0 Å². The number of nitrogens with one attached hydrogen (secondary N) is 1. The molecule has 2 aromatic carbocycles. The number of esters is 1. The first-order valence-corrected chi connectivity index (χ1v) is 9.07. The van der Waals surface area contributed by atoms with Crippen molar-refractivity contribution in [2.45, 2.75) is 6.92 Å². The van der Waals surface area contributed by atoms with E-state index >= 15 is 0 Å². The van der Waals surface area contributed by atoms with E-state index in [0.29, 0.717) is 22.0 Å². The van der Waals surface area contributed by atoms with Gasteiger partial charge in [-0.3, -0.25) is 14.9 Å². The van der Waals surface area contributed by atoms with Gasteiger partial charge in [-0.25, -0.2) is 4.79 Å². The van der Waals surface area contributed by atoms with Gasteiger partial charge in [0.15, 0.2) is 18.1 Å². The lowest BCUT2D eigenvalue weighted by molar-refractivity contribution is -0.385. The Labute approximate surface area is 175 Å². The number of aryl methyl sites for hydroxylation is 1. The lowest BCUT2D eigenvalue weighted by Crippen LogP contribution is -2.22. The zero-order valence-electron chi connectivity index (χ0n) is 16.0. The van der Waals surface area contributed by atoms with Crippen LogP contribution in [0.4, 0.5) is 11.4 Å². The molecule has 0 radical (unpaired) electrons. The number of halogens is 1. The highest BCUT2D eigenvalue weighted by molar-refractivity contribution is 6.31. The van der Waals surface area contributed by atoms with Crippen LogP contribution in [0.3, 0.4) is 0 Å². The van der Waals surface area contributed by atoms with Crippen LogP contribution < -0.4 is 19.5 Å². The van der Waals surface area contributed by atoms with Crippen LogP contribution in [0.25, 0.3) is 0 Å². The molecule has 3 rings (SSSR count). The molecular formula is C19H17ClN2O8. The van der Waals surface area contributed by atoms with Crippen molar-refractivity contribution in [3.05, 3.63) is 50.5 Å². The molecule has 158 valence electrons. The minimum atomic E-state index is -1.05. The van der Waals surface area contributed by atoms with Gasteiger partial charge >= 0.3 is 5.97 Å². The smallest absolute Gasteiger partial charge is 0.345 e. The first kappa shape index (κ1) is 21.2. The van der Waals surface area contributed by atoms with E-state index in [2.05, 4.69) is 5.32 Å². The van der Waals surface area contributed by atoms with E-state index in [-0.39, 0.29) is 30.3 Å². The Morgan fingerprint density at radius 3 is 2.50 bits per heavy atom. The Morgan fingerprint density at radius 2 is 1.87 bits per heavy atom. The van der Waals surface area contributed by atoms with Crippen LogP contribution in [0.5, 0.6) is 17.2 Å². The molecule has 1 aliphatic heterocycles. The molecule has 0 unspecified atom stereocenters. The van der Waals surface area contributed by atoms with Gasteiger partial charge in [-0.15, -0.1) is 0 Å². The van der Waals surface area contributed by atoms with E-state index in [0.717, 1.165) is 6.07 Å². The third kappa shape index (κ3) is 4.54. The first-order chi connectivity index (χ1) is 14.3. The fourth-order valence-corrected chi connectivity index (χ4v) is 2.87. The van der Waals surface area contributed by atoms with Crippen LogP contribution in [-0.2, 0) is 9.53 Å². The molecule has 0 fully saturated rings. The van der Waals surface area contributed by atoms with Crippen LogP contribution >= 0.6 is 11.6 Å². The molecule has 1 amide bonds. The monoisotopic (exact) mass is 436 g/mol. The number of hydrogen-bond acceptors (Lipinski definition) is 8. The van der Waals surface area contributed by atoms with Crippen LogP contribution in [0, 0.1) is 17.0 Å². The largest absolute Gasteiger partial charge is 0.495 e. The summed E-state index contributed by atoms with van der Waals surface area (Å²) < 4.78 is 20.7. The molecule has 0 saturated carbocycles. The van der Waals surface area contributed by atoms with E-state index < -0.39 is 29.1 Å². The number of carbonyl (C=O) groups is 2. The summed E-state index contributed by atoms with van der Waals surface area (Å²) in [5, 5.41) is 14.3. The van der Waals surface area contributed by atoms with Gasteiger partial charge < -0.3 is 24.3 Å². The predicted molar refractivity (Wildman–Crippen MR) is 106 cm³/mol. The molecule has 0 bridgehead atoms. The van der Waals surface area contributed by atoms with Crippen molar-refractivity contribution in [1.82, 2.24) is 0 Å². The number of fused-ring (bicyclic) bond motifs is 1. The molecule has 11 heteroatoms.